The Morgan fingerprint density at radius 2 is 1.42 bits per heavy atom. The molecule has 0 aliphatic heterocycles. The van der Waals surface area contributed by atoms with Gasteiger partial charge < -0.3 is 34.0 Å². The maximum Gasteiger partial charge on any atom is 2.00 e. The Morgan fingerprint density at radius 1 is 0.895 bits per heavy atom. The molecule has 102 valence electrons. The molecule has 8 nitrogen and oxygen atoms in total. The molecule has 0 aromatic heterocycles. The summed E-state index contributed by atoms with van der Waals surface area (Å²) < 4.78 is 20.4. The fraction of sp³-hybridized carbons (Fsp3) is 0.857. The van der Waals surface area contributed by atoms with Crippen LogP contribution in [-0.4, -0.2) is 93.8 Å². The van der Waals surface area contributed by atoms with Crippen LogP contribution in [0.15, 0.2) is 0 Å². The van der Waals surface area contributed by atoms with Crippen LogP contribution in [0.25, 0.3) is 0 Å². The van der Waals surface area contributed by atoms with Crippen molar-refractivity contribution in [2.24, 2.45) is 0 Å². The number of carbonyl (C=O) groups excluding carboxylic acids is 1. The van der Waals surface area contributed by atoms with Gasteiger partial charge in [0, 0.05) is 12.7 Å². The van der Waals surface area contributed by atoms with Crippen molar-refractivity contribution in [2.45, 2.75) is 25.7 Å². The fourth-order valence-corrected chi connectivity index (χ4v) is 2.02. The number of hydrogen-bond acceptors (Lipinski definition) is 7. The second-order valence-electron chi connectivity index (χ2n) is 3.51. The summed E-state index contributed by atoms with van der Waals surface area (Å²) in [7, 11) is -9.22. The molecule has 0 aliphatic carbocycles. The molecule has 0 atom stereocenters. The molecule has 0 bridgehead atoms. The summed E-state index contributed by atoms with van der Waals surface area (Å²) in [6.07, 6.45) is -0.531. The average molecular weight is 365 g/mol. The van der Waals surface area contributed by atoms with Gasteiger partial charge in [-0.2, -0.15) is 0 Å². The molecule has 0 unspecified atom stereocenters. The van der Waals surface area contributed by atoms with Gasteiger partial charge in [-0.25, -0.2) is 0 Å². The van der Waals surface area contributed by atoms with E-state index in [1.807, 2.05) is 5.32 Å². The van der Waals surface area contributed by atoms with Crippen LogP contribution in [0.5, 0.6) is 0 Å². The Hall–Kier alpha value is 2.29. The molecule has 0 aromatic rings. The number of unbranched alkanes of at least 4 members (excludes halogenated alkanes) is 2. The Labute approximate surface area is 171 Å². The summed E-state index contributed by atoms with van der Waals surface area (Å²) in [5.41, 5.74) is 0. The van der Waals surface area contributed by atoms with Crippen molar-refractivity contribution in [1.29, 1.82) is 0 Å². The summed E-state index contributed by atoms with van der Waals surface area (Å²) in [5, 5.41) is 1.92. The molecule has 0 aromatic carbocycles. The molecule has 1 amide bonds. The van der Waals surface area contributed by atoms with Crippen LogP contribution in [-0.2, 0) is 13.9 Å². The molecule has 1 N–H and O–H groups in total. The molecule has 0 aliphatic rings. The minimum atomic E-state index is -4.74. The summed E-state index contributed by atoms with van der Waals surface area (Å²) in [6, 6.07) is 0. The first-order valence-electron chi connectivity index (χ1n) is 4.89. The van der Waals surface area contributed by atoms with Crippen LogP contribution in [0, 0.1) is 0 Å². The van der Waals surface area contributed by atoms with Crippen molar-refractivity contribution in [2.75, 3.05) is 12.4 Å². The van der Waals surface area contributed by atoms with E-state index in [0.29, 0.717) is 12.8 Å². The topological polar surface area (TPSA) is 155 Å². The molecule has 0 heterocycles. The van der Waals surface area contributed by atoms with E-state index in [4.69, 9.17) is 0 Å². The molecule has 0 spiro atoms. The number of rotatable bonds is 8. The van der Waals surface area contributed by atoms with Gasteiger partial charge in [0.1, 0.15) is 0 Å². The third kappa shape index (κ3) is 22.7. The largest absolute Gasteiger partial charge is 2.00 e. The first-order chi connectivity index (χ1) is 7.60. The van der Waals surface area contributed by atoms with E-state index in [1.165, 1.54) is 0 Å². The zero-order valence-electron chi connectivity index (χ0n) is 10.4. The molecule has 12 heteroatoms. The van der Waals surface area contributed by atoms with Crippen LogP contribution in [0.3, 0.4) is 0 Å². The van der Waals surface area contributed by atoms with E-state index in [0.717, 1.165) is 0 Å². The standard InChI is InChI=1S/C7H17NO7P2.2Ca/c9-7(8-6-17(13,14)15)4-2-1-3-5-16(10,11)12;;/h1-6H2,(H,8,9)(H2,10,11,12)(H2,13,14,15);;/q;2*+2/p-4. The molecule has 0 rings (SSSR count). The zero-order chi connectivity index (χ0) is 13.5. The Bertz CT molecular complexity index is 342. The van der Waals surface area contributed by atoms with E-state index in [9.17, 15) is 33.5 Å². The van der Waals surface area contributed by atoms with Gasteiger partial charge in [-0.15, -0.1) is 0 Å². The van der Waals surface area contributed by atoms with E-state index >= 15 is 0 Å². The fourth-order valence-electron chi connectivity index (χ4n) is 1.04. The van der Waals surface area contributed by atoms with Crippen molar-refractivity contribution in [3.05, 3.63) is 0 Å². The second kappa shape index (κ2) is 12.8. The van der Waals surface area contributed by atoms with E-state index in [1.54, 1.807) is 0 Å². The van der Waals surface area contributed by atoms with E-state index < -0.39 is 33.5 Å². The predicted octanol–water partition coefficient (Wildman–Crippen LogP) is -3.31. The summed E-state index contributed by atoms with van der Waals surface area (Å²) in [5.74, 6) is -0.593. The Balaban J connectivity index is -0.00000128. The molecule has 19 heavy (non-hydrogen) atoms. The molecule has 0 fully saturated rings. The minimum absolute atomic E-state index is 0. The van der Waals surface area contributed by atoms with E-state index in [2.05, 4.69) is 0 Å². The molecule has 0 saturated carbocycles. The molecule has 0 radical (unpaired) electrons. The minimum Gasteiger partial charge on any atom is -0.811 e. The number of amides is 1. The SMILES string of the molecule is O=C(CCCCCP(=O)([O-])[O-])NCP(=O)([O-])[O-].[Ca+2].[Ca+2]. The smallest absolute Gasteiger partial charge is 0.811 e. The van der Waals surface area contributed by atoms with Crippen molar-refractivity contribution < 1.29 is 33.5 Å². The van der Waals surface area contributed by atoms with Crippen LogP contribution < -0.4 is 24.9 Å². The van der Waals surface area contributed by atoms with Gasteiger partial charge in [-0.3, -0.25) is 4.79 Å². The third-order valence-electron chi connectivity index (χ3n) is 1.81. The summed E-state index contributed by atoms with van der Waals surface area (Å²) in [4.78, 5) is 51.8. The molecular weight excluding hydrogens is 352 g/mol. The van der Waals surface area contributed by atoms with Crippen LogP contribution in [0.1, 0.15) is 25.7 Å². The zero-order valence-corrected chi connectivity index (χ0v) is 16.6. The summed E-state index contributed by atoms with van der Waals surface area (Å²) >= 11 is 0. The van der Waals surface area contributed by atoms with Crippen LogP contribution in [0.4, 0.5) is 0 Å². The number of carbonyl (C=O) groups is 1. The van der Waals surface area contributed by atoms with Crippen molar-refractivity contribution in [3.63, 3.8) is 0 Å². The third-order valence-corrected chi connectivity index (χ3v) is 3.22. The normalized spacial score (nSPS) is 11.2. The predicted molar refractivity (Wildman–Crippen MR) is 63.1 cm³/mol. The van der Waals surface area contributed by atoms with Crippen molar-refractivity contribution >= 4 is 96.6 Å². The van der Waals surface area contributed by atoms with Gasteiger partial charge in [0.05, 0.1) is 0 Å². The first-order valence-corrected chi connectivity index (χ1v) is 8.34. The van der Waals surface area contributed by atoms with E-state index in [-0.39, 0.29) is 88.3 Å². The Kier molecular flexibility index (Phi) is 17.6. The van der Waals surface area contributed by atoms with Gasteiger partial charge in [0.15, 0.2) is 0 Å². The van der Waals surface area contributed by atoms with Gasteiger partial charge in [-0.1, -0.05) is 14.0 Å². The Morgan fingerprint density at radius 3 is 1.84 bits per heavy atom. The number of nitrogens with one attached hydrogen (secondary N) is 1. The van der Waals surface area contributed by atoms with Gasteiger partial charge in [0.25, 0.3) is 0 Å². The average Bonchev–Trinajstić information content (AvgIpc) is 2.11. The van der Waals surface area contributed by atoms with Crippen LogP contribution in [0.2, 0.25) is 0 Å². The van der Waals surface area contributed by atoms with Crippen LogP contribution >= 0.6 is 15.2 Å². The summed E-state index contributed by atoms with van der Waals surface area (Å²) in [6.45, 7) is 0. The maximum absolute atomic E-state index is 11.0. The van der Waals surface area contributed by atoms with Gasteiger partial charge in [0.2, 0.25) is 5.91 Å². The molecule has 0 saturated heterocycles. The first kappa shape index (κ1) is 26.2. The van der Waals surface area contributed by atoms with Gasteiger partial charge >= 0.3 is 75.5 Å². The molecular formula is C7H13Ca2NO7P2. The maximum atomic E-state index is 11.0. The van der Waals surface area contributed by atoms with Gasteiger partial charge in [-0.05, 0) is 26.6 Å². The monoisotopic (exact) mass is 365 g/mol. The quantitative estimate of drug-likeness (QED) is 0.268. The second-order valence-corrected chi connectivity index (χ2v) is 6.72. The van der Waals surface area contributed by atoms with Crippen molar-refractivity contribution in [1.82, 2.24) is 5.32 Å². The van der Waals surface area contributed by atoms with Crippen molar-refractivity contribution in [3.8, 4) is 0 Å². The number of hydrogen-bond donors (Lipinski definition) is 1.